The van der Waals surface area contributed by atoms with Gasteiger partial charge in [0, 0.05) is 36.1 Å². The van der Waals surface area contributed by atoms with E-state index in [9.17, 15) is 0 Å². The highest BCUT2D eigenvalue weighted by atomic mass is 31.1. The molecule has 0 bridgehead atoms. The second kappa shape index (κ2) is 12.9. The second-order valence-corrected chi connectivity index (χ2v) is 14.2. The molecule has 0 N–H and O–H groups in total. The summed E-state index contributed by atoms with van der Waals surface area (Å²) in [5.74, 6) is 0. The fraction of sp³-hybridized carbons (Fsp3) is 0.0556. The minimum atomic E-state index is -0.818. The first-order valence-corrected chi connectivity index (χ1v) is 16.3. The lowest BCUT2D eigenvalue weighted by molar-refractivity contribution is 0.876. The Labute approximate surface area is 239 Å². The highest BCUT2D eigenvalue weighted by molar-refractivity contribution is 7.77. The van der Waals surface area contributed by atoms with Gasteiger partial charge < -0.3 is 0 Å². The van der Waals surface area contributed by atoms with E-state index in [1.54, 1.807) is 0 Å². The van der Waals surface area contributed by atoms with Crippen molar-refractivity contribution in [1.82, 2.24) is 9.97 Å². The van der Waals surface area contributed by atoms with Crippen molar-refractivity contribution in [2.75, 3.05) is 0 Å². The van der Waals surface area contributed by atoms with Gasteiger partial charge in [0.1, 0.15) is 0 Å². The maximum Gasteiger partial charge on any atom is 0.0306 e. The maximum atomic E-state index is 4.66. The SMILES string of the molecule is c1ccc(P(c2ccccc2)[C@H](c2cccnc2)[C@H](c2cccnc2)P(c2ccccc2)c2ccccc2)cc1. The summed E-state index contributed by atoms with van der Waals surface area (Å²) in [4.78, 5) is 9.32. The molecule has 0 unspecified atom stereocenters. The normalized spacial score (nSPS) is 12.8. The summed E-state index contributed by atoms with van der Waals surface area (Å²) >= 11 is 0. The first-order chi connectivity index (χ1) is 19.9. The summed E-state index contributed by atoms with van der Waals surface area (Å²) in [5.41, 5.74) is 2.83. The van der Waals surface area contributed by atoms with Crippen molar-refractivity contribution in [3.8, 4) is 0 Å². The zero-order chi connectivity index (χ0) is 27.0. The highest BCUT2D eigenvalue weighted by Crippen LogP contribution is 2.66. The molecule has 0 aliphatic heterocycles. The summed E-state index contributed by atoms with van der Waals surface area (Å²) in [6, 6.07) is 52.9. The third-order valence-corrected chi connectivity index (χ3v) is 13.0. The summed E-state index contributed by atoms with van der Waals surface area (Å²) < 4.78 is 0. The topological polar surface area (TPSA) is 25.8 Å². The van der Waals surface area contributed by atoms with Crippen LogP contribution < -0.4 is 21.2 Å². The molecule has 0 fully saturated rings. The molecule has 194 valence electrons. The average molecular weight is 553 g/mol. The third kappa shape index (κ3) is 5.80. The molecule has 0 saturated carbocycles. The Kier molecular flexibility index (Phi) is 8.49. The van der Waals surface area contributed by atoms with Crippen molar-refractivity contribution in [2.24, 2.45) is 0 Å². The van der Waals surface area contributed by atoms with E-state index >= 15 is 0 Å². The zero-order valence-electron chi connectivity index (χ0n) is 22.1. The third-order valence-electron chi connectivity index (χ3n) is 7.04. The quantitative estimate of drug-likeness (QED) is 0.173. The van der Waals surface area contributed by atoms with Gasteiger partial charge in [0.05, 0.1) is 0 Å². The van der Waals surface area contributed by atoms with Gasteiger partial charge in [-0.3, -0.25) is 9.97 Å². The Morgan fingerprint density at radius 2 is 0.650 bits per heavy atom. The predicted octanol–water partition coefficient (Wildman–Crippen LogP) is 7.52. The van der Waals surface area contributed by atoms with E-state index in [0.29, 0.717) is 0 Å². The molecule has 6 aromatic rings. The molecule has 0 amide bonds. The molecule has 0 saturated heterocycles. The van der Waals surface area contributed by atoms with E-state index in [2.05, 4.69) is 168 Å². The molecule has 2 aromatic heterocycles. The lowest BCUT2D eigenvalue weighted by atomic mass is 10.1. The van der Waals surface area contributed by atoms with Gasteiger partial charge in [-0.1, -0.05) is 133 Å². The van der Waals surface area contributed by atoms with Crippen LogP contribution in [-0.4, -0.2) is 9.97 Å². The van der Waals surface area contributed by atoms with Crippen molar-refractivity contribution in [1.29, 1.82) is 0 Å². The fourth-order valence-electron chi connectivity index (χ4n) is 5.34. The van der Waals surface area contributed by atoms with Crippen molar-refractivity contribution in [3.05, 3.63) is 182 Å². The van der Waals surface area contributed by atoms with Gasteiger partial charge in [0.15, 0.2) is 0 Å². The fourth-order valence-corrected chi connectivity index (χ4v) is 11.8. The van der Waals surface area contributed by atoms with Crippen LogP contribution in [0.5, 0.6) is 0 Å². The van der Waals surface area contributed by atoms with Crippen LogP contribution in [0.25, 0.3) is 0 Å². The zero-order valence-corrected chi connectivity index (χ0v) is 23.9. The van der Waals surface area contributed by atoms with E-state index in [1.165, 1.54) is 32.3 Å². The summed E-state index contributed by atoms with van der Waals surface area (Å²) in [5, 5.41) is 5.45. The molecule has 2 nitrogen and oxygen atoms in total. The number of nitrogens with zero attached hydrogens (tertiary/aromatic N) is 2. The monoisotopic (exact) mass is 552 g/mol. The average Bonchev–Trinajstić information content (AvgIpc) is 3.05. The van der Waals surface area contributed by atoms with Gasteiger partial charge in [-0.05, 0) is 60.3 Å². The molecule has 0 aliphatic carbocycles. The lowest BCUT2D eigenvalue weighted by Gasteiger charge is -2.40. The minimum Gasteiger partial charge on any atom is -0.264 e. The Hall–Kier alpha value is -3.96. The van der Waals surface area contributed by atoms with E-state index in [4.69, 9.17) is 0 Å². The standard InChI is InChI=1S/C36H30N2P2/c1-5-17-31(18-6-1)39(32-19-7-2-8-20-32)35(29-15-13-25-37-27-29)36(30-16-14-26-38-28-30)40(33-21-9-3-10-22-33)34-23-11-4-12-24-34/h1-28,35-36H/t35-,36+. The van der Waals surface area contributed by atoms with E-state index in [0.717, 1.165) is 0 Å². The van der Waals surface area contributed by atoms with Crippen LogP contribution in [0.3, 0.4) is 0 Å². The molecule has 40 heavy (non-hydrogen) atoms. The van der Waals surface area contributed by atoms with Gasteiger partial charge in [0.25, 0.3) is 0 Å². The van der Waals surface area contributed by atoms with Crippen LogP contribution in [0.1, 0.15) is 22.4 Å². The summed E-state index contributed by atoms with van der Waals surface area (Å²) in [6.45, 7) is 0. The summed E-state index contributed by atoms with van der Waals surface area (Å²) in [7, 11) is -1.64. The molecule has 2 atom stereocenters. The molecule has 0 aliphatic rings. The van der Waals surface area contributed by atoms with E-state index in [-0.39, 0.29) is 11.3 Å². The maximum absolute atomic E-state index is 4.66. The Morgan fingerprint density at radius 1 is 0.350 bits per heavy atom. The van der Waals surface area contributed by atoms with Gasteiger partial charge >= 0.3 is 0 Å². The summed E-state index contributed by atoms with van der Waals surface area (Å²) in [6.07, 6.45) is 7.92. The number of pyridine rings is 2. The molecular weight excluding hydrogens is 522 g/mol. The van der Waals surface area contributed by atoms with Crippen molar-refractivity contribution < 1.29 is 0 Å². The van der Waals surface area contributed by atoms with Crippen LogP contribution >= 0.6 is 15.8 Å². The Balaban J connectivity index is 1.67. The van der Waals surface area contributed by atoms with E-state index < -0.39 is 15.8 Å². The molecule has 6 rings (SSSR count). The Morgan fingerprint density at radius 3 is 0.900 bits per heavy atom. The van der Waals surface area contributed by atoms with Crippen LogP contribution in [-0.2, 0) is 0 Å². The van der Waals surface area contributed by atoms with Crippen LogP contribution in [0.2, 0.25) is 0 Å². The molecule has 0 radical (unpaired) electrons. The first-order valence-electron chi connectivity index (χ1n) is 13.5. The van der Waals surface area contributed by atoms with Crippen LogP contribution in [0, 0.1) is 0 Å². The van der Waals surface area contributed by atoms with Crippen LogP contribution in [0.15, 0.2) is 170 Å². The van der Waals surface area contributed by atoms with Gasteiger partial charge in [0.2, 0.25) is 0 Å². The first kappa shape index (κ1) is 26.3. The molecular formula is C36H30N2P2. The number of rotatable bonds is 9. The number of aromatic nitrogens is 2. The molecule has 0 spiro atoms. The van der Waals surface area contributed by atoms with Gasteiger partial charge in [-0.25, -0.2) is 0 Å². The Bertz CT molecular complexity index is 1380. The lowest BCUT2D eigenvalue weighted by Crippen LogP contribution is -2.26. The minimum absolute atomic E-state index is 0.157. The van der Waals surface area contributed by atoms with Crippen molar-refractivity contribution in [3.63, 3.8) is 0 Å². The predicted molar refractivity (Wildman–Crippen MR) is 172 cm³/mol. The number of benzene rings is 4. The molecule has 2 heterocycles. The van der Waals surface area contributed by atoms with Crippen LogP contribution in [0.4, 0.5) is 0 Å². The van der Waals surface area contributed by atoms with Gasteiger partial charge in [-0.15, -0.1) is 0 Å². The number of hydrogen-bond acceptors (Lipinski definition) is 2. The number of hydrogen-bond donors (Lipinski definition) is 0. The second-order valence-electron chi connectivity index (χ2n) is 9.54. The highest BCUT2D eigenvalue weighted by Gasteiger charge is 2.40. The smallest absolute Gasteiger partial charge is 0.0306 e. The van der Waals surface area contributed by atoms with Gasteiger partial charge in [-0.2, -0.15) is 0 Å². The van der Waals surface area contributed by atoms with E-state index in [1.807, 2.05) is 12.4 Å². The van der Waals surface area contributed by atoms with Crippen molar-refractivity contribution >= 4 is 37.1 Å². The van der Waals surface area contributed by atoms with Crippen molar-refractivity contribution in [2.45, 2.75) is 11.3 Å². The molecule has 4 aromatic carbocycles. The largest absolute Gasteiger partial charge is 0.264 e. The molecule has 4 heteroatoms.